The third kappa shape index (κ3) is 3.95. The first-order valence-corrected chi connectivity index (χ1v) is 9.37. The summed E-state index contributed by atoms with van der Waals surface area (Å²) in [4.78, 5) is 20.9. The highest BCUT2D eigenvalue weighted by atomic mass is 32.1. The van der Waals surface area contributed by atoms with E-state index >= 15 is 0 Å². The van der Waals surface area contributed by atoms with Gasteiger partial charge in [-0.15, -0.1) is 5.10 Å². The second kappa shape index (κ2) is 7.55. The Labute approximate surface area is 160 Å². The van der Waals surface area contributed by atoms with Crippen LogP contribution in [0.4, 0.5) is 10.8 Å². The Morgan fingerprint density at radius 2 is 2.11 bits per heavy atom. The highest BCUT2D eigenvalue weighted by Crippen LogP contribution is 2.27. The minimum absolute atomic E-state index is 0.0985. The molecule has 0 aliphatic carbocycles. The van der Waals surface area contributed by atoms with Gasteiger partial charge in [-0.3, -0.25) is 9.78 Å². The largest absolute Gasteiger partial charge is 0.360 e. The van der Waals surface area contributed by atoms with Gasteiger partial charge in [0.2, 0.25) is 16.0 Å². The number of hydrogen-bond donors (Lipinski definition) is 2. The fraction of sp³-hybridized carbons (Fsp3) is 0.158. The van der Waals surface area contributed by atoms with Crippen LogP contribution in [0.15, 0.2) is 54.9 Å². The maximum atomic E-state index is 11.3. The van der Waals surface area contributed by atoms with Gasteiger partial charge in [0.15, 0.2) is 0 Å². The molecule has 2 N–H and O–H groups in total. The van der Waals surface area contributed by atoms with Crippen molar-refractivity contribution in [3.05, 3.63) is 60.6 Å². The maximum Gasteiger partial charge on any atom is 0.221 e. The van der Waals surface area contributed by atoms with Crippen molar-refractivity contribution in [1.29, 1.82) is 0 Å². The molecule has 136 valence electrons. The Hall–Kier alpha value is -3.26. The van der Waals surface area contributed by atoms with Crippen LogP contribution in [0, 0.1) is 0 Å². The molecular weight excluding hydrogens is 360 g/mol. The standard InChI is InChI=1S/C19H18N6OS/c1-13(26)23-16-7-4-5-14(11-16)17-12-22-19-25(17)24-18(27-19)21-10-8-15-6-2-3-9-20-15/h2-7,9,11-12H,8,10H2,1H3,(H,21,24)(H,23,26). The predicted octanol–water partition coefficient (Wildman–Crippen LogP) is 3.47. The highest BCUT2D eigenvalue weighted by molar-refractivity contribution is 7.20. The smallest absolute Gasteiger partial charge is 0.221 e. The van der Waals surface area contributed by atoms with Crippen molar-refractivity contribution in [2.45, 2.75) is 13.3 Å². The van der Waals surface area contributed by atoms with E-state index < -0.39 is 0 Å². The van der Waals surface area contributed by atoms with Crippen molar-refractivity contribution in [3.8, 4) is 11.3 Å². The molecular formula is C19H18N6OS. The number of rotatable bonds is 6. The Balaban J connectivity index is 1.51. The van der Waals surface area contributed by atoms with E-state index in [1.807, 2.05) is 47.0 Å². The molecule has 1 aromatic carbocycles. The molecule has 7 nitrogen and oxygen atoms in total. The average Bonchev–Trinajstić information content (AvgIpc) is 3.22. The summed E-state index contributed by atoms with van der Waals surface area (Å²) in [7, 11) is 0. The molecule has 0 bridgehead atoms. The second-order valence-electron chi connectivity index (χ2n) is 6.00. The number of hydrogen-bond acceptors (Lipinski definition) is 6. The normalized spacial score (nSPS) is 10.9. The van der Waals surface area contributed by atoms with Crippen molar-refractivity contribution in [1.82, 2.24) is 19.6 Å². The summed E-state index contributed by atoms with van der Waals surface area (Å²) in [6, 6.07) is 13.6. The van der Waals surface area contributed by atoms with E-state index in [2.05, 4.69) is 25.7 Å². The molecule has 1 amide bonds. The van der Waals surface area contributed by atoms with Gasteiger partial charge in [-0.2, -0.15) is 0 Å². The molecule has 8 heteroatoms. The van der Waals surface area contributed by atoms with Crippen LogP contribution in [0.3, 0.4) is 0 Å². The van der Waals surface area contributed by atoms with Gasteiger partial charge in [0, 0.05) is 43.0 Å². The van der Waals surface area contributed by atoms with Gasteiger partial charge < -0.3 is 10.6 Å². The van der Waals surface area contributed by atoms with E-state index in [1.165, 1.54) is 18.3 Å². The molecule has 0 atom stereocenters. The number of imidazole rings is 1. The van der Waals surface area contributed by atoms with Crippen LogP contribution in [-0.2, 0) is 11.2 Å². The van der Waals surface area contributed by atoms with Crippen LogP contribution < -0.4 is 10.6 Å². The number of pyridine rings is 1. The number of nitrogens with zero attached hydrogens (tertiary/aromatic N) is 4. The second-order valence-corrected chi connectivity index (χ2v) is 6.96. The first-order valence-electron chi connectivity index (χ1n) is 8.55. The van der Waals surface area contributed by atoms with Crippen molar-refractivity contribution >= 4 is 33.0 Å². The fourth-order valence-electron chi connectivity index (χ4n) is 2.76. The number of amides is 1. The molecule has 27 heavy (non-hydrogen) atoms. The zero-order valence-corrected chi connectivity index (χ0v) is 15.5. The van der Waals surface area contributed by atoms with E-state index in [9.17, 15) is 4.79 Å². The molecule has 0 saturated heterocycles. The van der Waals surface area contributed by atoms with Gasteiger partial charge in [-0.25, -0.2) is 9.50 Å². The minimum Gasteiger partial charge on any atom is -0.360 e. The van der Waals surface area contributed by atoms with Gasteiger partial charge in [-0.05, 0) is 24.3 Å². The van der Waals surface area contributed by atoms with Crippen LogP contribution in [0.2, 0.25) is 0 Å². The van der Waals surface area contributed by atoms with Gasteiger partial charge in [-0.1, -0.05) is 29.5 Å². The Kier molecular flexibility index (Phi) is 4.80. The first kappa shape index (κ1) is 17.2. The number of anilines is 2. The number of benzene rings is 1. The Morgan fingerprint density at radius 3 is 2.93 bits per heavy atom. The summed E-state index contributed by atoms with van der Waals surface area (Å²) in [5.41, 5.74) is 3.62. The van der Waals surface area contributed by atoms with Crippen LogP contribution in [0.5, 0.6) is 0 Å². The van der Waals surface area contributed by atoms with Gasteiger partial charge in [0.05, 0.1) is 11.9 Å². The van der Waals surface area contributed by atoms with E-state index in [4.69, 9.17) is 0 Å². The third-order valence-corrected chi connectivity index (χ3v) is 4.83. The Bertz CT molecular complexity index is 1070. The molecule has 0 unspecified atom stereocenters. The predicted molar refractivity (Wildman–Crippen MR) is 107 cm³/mol. The summed E-state index contributed by atoms with van der Waals surface area (Å²) in [5.74, 6) is -0.0985. The third-order valence-electron chi connectivity index (χ3n) is 3.95. The quantitative estimate of drug-likeness (QED) is 0.537. The molecule has 3 aromatic heterocycles. The molecule has 0 aliphatic rings. The van der Waals surface area contributed by atoms with Gasteiger partial charge in [0.1, 0.15) is 0 Å². The summed E-state index contributed by atoms with van der Waals surface area (Å²) >= 11 is 1.50. The number of fused-ring (bicyclic) bond motifs is 1. The monoisotopic (exact) mass is 378 g/mol. The molecule has 0 aliphatic heterocycles. The highest BCUT2D eigenvalue weighted by Gasteiger charge is 2.12. The summed E-state index contributed by atoms with van der Waals surface area (Å²) in [6.45, 7) is 2.24. The van der Waals surface area contributed by atoms with Crippen LogP contribution in [0.25, 0.3) is 16.2 Å². The van der Waals surface area contributed by atoms with Gasteiger partial charge >= 0.3 is 0 Å². The van der Waals surface area contributed by atoms with Crippen molar-refractivity contribution < 1.29 is 4.79 Å². The van der Waals surface area contributed by atoms with Crippen molar-refractivity contribution in [3.63, 3.8) is 0 Å². The van der Waals surface area contributed by atoms with E-state index in [0.29, 0.717) is 0 Å². The van der Waals surface area contributed by atoms with Crippen molar-refractivity contribution in [2.24, 2.45) is 0 Å². The molecule has 3 heterocycles. The summed E-state index contributed by atoms with van der Waals surface area (Å²) in [6.07, 6.45) is 4.42. The zero-order valence-electron chi connectivity index (χ0n) is 14.7. The topological polar surface area (TPSA) is 84.2 Å². The lowest BCUT2D eigenvalue weighted by Gasteiger charge is -2.04. The molecule has 4 rings (SSSR count). The number of nitrogens with one attached hydrogen (secondary N) is 2. The minimum atomic E-state index is -0.0985. The fourth-order valence-corrected chi connectivity index (χ4v) is 3.56. The van der Waals surface area contributed by atoms with E-state index in [0.717, 1.165) is 45.7 Å². The molecule has 4 aromatic rings. The number of carbonyl (C=O) groups is 1. The molecule has 0 radical (unpaired) electrons. The van der Waals surface area contributed by atoms with E-state index in [-0.39, 0.29) is 5.91 Å². The lowest BCUT2D eigenvalue weighted by Crippen LogP contribution is -2.06. The average molecular weight is 378 g/mol. The Morgan fingerprint density at radius 1 is 1.19 bits per heavy atom. The van der Waals surface area contributed by atoms with E-state index in [1.54, 1.807) is 12.4 Å². The molecule has 0 saturated carbocycles. The summed E-state index contributed by atoms with van der Waals surface area (Å²) < 4.78 is 1.82. The molecule has 0 fully saturated rings. The lowest BCUT2D eigenvalue weighted by atomic mass is 10.1. The van der Waals surface area contributed by atoms with Crippen LogP contribution in [-0.4, -0.2) is 32.0 Å². The number of aromatic nitrogens is 4. The first-order chi connectivity index (χ1) is 13.2. The SMILES string of the molecule is CC(=O)Nc1cccc(-c2cnc3sc(NCCc4ccccn4)nn23)c1. The molecule has 0 spiro atoms. The maximum absolute atomic E-state index is 11.3. The van der Waals surface area contributed by atoms with Crippen molar-refractivity contribution in [2.75, 3.05) is 17.2 Å². The zero-order chi connectivity index (χ0) is 18.6. The lowest BCUT2D eigenvalue weighted by molar-refractivity contribution is -0.114. The van der Waals surface area contributed by atoms with Crippen LogP contribution >= 0.6 is 11.3 Å². The number of carbonyl (C=O) groups excluding carboxylic acids is 1. The summed E-state index contributed by atoms with van der Waals surface area (Å²) in [5, 5.41) is 11.6. The van der Waals surface area contributed by atoms with Crippen LogP contribution in [0.1, 0.15) is 12.6 Å². The van der Waals surface area contributed by atoms with Gasteiger partial charge in [0.25, 0.3) is 0 Å².